The van der Waals surface area contributed by atoms with E-state index in [2.05, 4.69) is 10.0 Å². The fourth-order valence-electron chi connectivity index (χ4n) is 3.68. The van der Waals surface area contributed by atoms with Gasteiger partial charge < -0.3 is 19.9 Å². The first kappa shape index (κ1) is 27.2. The molecular formula is C30H32N2O5S. The Bertz CT molecular complexity index is 1350. The summed E-state index contributed by atoms with van der Waals surface area (Å²) in [6.07, 6.45) is 0.0859. The van der Waals surface area contributed by atoms with Crippen LogP contribution in [0.25, 0.3) is 0 Å². The molecule has 198 valence electrons. The molecule has 0 spiro atoms. The molecule has 0 bridgehead atoms. The molecule has 0 fully saturated rings. The maximum absolute atomic E-state index is 12.4. The van der Waals surface area contributed by atoms with Crippen LogP contribution in [0.4, 0.5) is 5.69 Å². The van der Waals surface area contributed by atoms with Gasteiger partial charge in [0.2, 0.25) is 0 Å². The van der Waals surface area contributed by atoms with E-state index >= 15 is 0 Å². The summed E-state index contributed by atoms with van der Waals surface area (Å²) in [6, 6.07) is 32.8. The summed E-state index contributed by atoms with van der Waals surface area (Å²) in [6.45, 7) is 1.74. The first-order valence-electron chi connectivity index (χ1n) is 12.4. The van der Waals surface area contributed by atoms with Crippen LogP contribution in [-0.2, 0) is 23.1 Å². The monoisotopic (exact) mass is 532 g/mol. The summed E-state index contributed by atoms with van der Waals surface area (Å²) in [5, 5.41) is 13.5. The Kier molecular flexibility index (Phi) is 9.75. The van der Waals surface area contributed by atoms with Gasteiger partial charge in [0.05, 0.1) is 4.90 Å². The largest absolute Gasteiger partial charge is 0.491 e. The molecule has 0 saturated heterocycles. The van der Waals surface area contributed by atoms with Crippen LogP contribution < -0.4 is 19.5 Å². The molecular weight excluding hydrogens is 500 g/mol. The van der Waals surface area contributed by atoms with Gasteiger partial charge in [-0.15, -0.1) is 0 Å². The minimum absolute atomic E-state index is 0.174. The molecule has 38 heavy (non-hydrogen) atoms. The van der Waals surface area contributed by atoms with Crippen molar-refractivity contribution in [3.63, 3.8) is 0 Å². The quantitative estimate of drug-likeness (QED) is 0.205. The number of sulfonamides is 1. The van der Waals surface area contributed by atoms with Crippen LogP contribution in [0.5, 0.6) is 11.5 Å². The van der Waals surface area contributed by atoms with Crippen molar-refractivity contribution in [2.24, 2.45) is 0 Å². The van der Waals surface area contributed by atoms with E-state index in [1.807, 2.05) is 66.7 Å². The molecule has 0 radical (unpaired) electrons. The molecule has 4 rings (SSSR count). The van der Waals surface area contributed by atoms with Crippen molar-refractivity contribution in [1.29, 1.82) is 0 Å². The Morgan fingerprint density at radius 2 is 1.32 bits per heavy atom. The smallest absolute Gasteiger partial charge is 0.261 e. The highest BCUT2D eigenvalue weighted by molar-refractivity contribution is 7.92. The lowest BCUT2D eigenvalue weighted by Gasteiger charge is -2.14. The number of hydrogen-bond donors (Lipinski definition) is 3. The average Bonchev–Trinajstić information content (AvgIpc) is 2.95. The number of hydrogen-bond acceptors (Lipinski definition) is 6. The first-order valence-corrected chi connectivity index (χ1v) is 13.9. The topological polar surface area (TPSA) is 96.9 Å². The highest BCUT2D eigenvalue weighted by atomic mass is 32.2. The maximum Gasteiger partial charge on any atom is 0.261 e. The molecule has 0 unspecified atom stereocenters. The van der Waals surface area contributed by atoms with E-state index < -0.39 is 16.1 Å². The third-order valence-electron chi connectivity index (χ3n) is 5.74. The van der Waals surface area contributed by atoms with Crippen molar-refractivity contribution < 1.29 is 23.0 Å². The van der Waals surface area contributed by atoms with Gasteiger partial charge in [0.15, 0.2) is 0 Å². The molecule has 0 saturated carbocycles. The molecule has 7 nitrogen and oxygen atoms in total. The minimum atomic E-state index is -3.61. The third kappa shape index (κ3) is 8.62. The third-order valence-corrected chi connectivity index (χ3v) is 7.14. The van der Waals surface area contributed by atoms with Crippen LogP contribution in [0, 0.1) is 0 Å². The van der Waals surface area contributed by atoms with Gasteiger partial charge >= 0.3 is 0 Å². The van der Waals surface area contributed by atoms with Gasteiger partial charge in [-0.25, -0.2) is 8.42 Å². The number of benzene rings is 4. The van der Waals surface area contributed by atoms with Crippen LogP contribution in [0.1, 0.15) is 11.1 Å². The summed E-state index contributed by atoms with van der Waals surface area (Å²) < 4.78 is 38.9. The number of aliphatic hydroxyl groups excluding tert-OH is 1. The van der Waals surface area contributed by atoms with Gasteiger partial charge in [-0.2, -0.15) is 0 Å². The van der Waals surface area contributed by atoms with Crippen LogP contribution in [0.2, 0.25) is 0 Å². The number of rotatable bonds is 14. The van der Waals surface area contributed by atoms with Gasteiger partial charge in [0, 0.05) is 12.2 Å². The molecule has 8 heteroatoms. The number of anilines is 1. The fourth-order valence-corrected chi connectivity index (χ4v) is 4.76. The Labute approximate surface area is 224 Å². The van der Waals surface area contributed by atoms with Gasteiger partial charge in [0.25, 0.3) is 10.0 Å². The summed E-state index contributed by atoms with van der Waals surface area (Å²) in [5.41, 5.74) is 2.67. The van der Waals surface area contributed by atoms with E-state index in [0.717, 1.165) is 23.3 Å². The minimum Gasteiger partial charge on any atom is -0.491 e. The molecule has 4 aromatic carbocycles. The highest BCUT2D eigenvalue weighted by Crippen LogP contribution is 2.19. The molecule has 4 aromatic rings. The van der Waals surface area contributed by atoms with Crippen molar-refractivity contribution in [3.8, 4) is 11.5 Å². The molecule has 0 aliphatic heterocycles. The number of nitrogens with one attached hydrogen (secondary N) is 2. The van der Waals surface area contributed by atoms with Gasteiger partial charge in [-0.05, 0) is 72.6 Å². The van der Waals surface area contributed by atoms with E-state index in [4.69, 9.17) is 9.47 Å². The predicted octanol–water partition coefficient (Wildman–Crippen LogP) is 4.64. The maximum atomic E-state index is 12.4. The normalized spacial score (nSPS) is 12.0. The molecule has 0 heterocycles. The second-order valence-corrected chi connectivity index (χ2v) is 10.5. The second-order valence-electron chi connectivity index (χ2n) is 8.78. The lowest BCUT2D eigenvalue weighted by Crippen LogP contribution is -2.32. The lowest BCUT2D eigenvalue weighted by atomic mass is 10.1. The van der Waals surface area contributed by atoms with Gasteiger partial charge in [0.1, 0.15) is 30.8 Å². The molecule has 0 aromatic heterocycles. The van der Waals surface area contributed by atoms with Crippen molar-refractivity contribution in [2.75, 3.05) is 24.4 Å². The van der Waals surface area contributed by atoms with E-state index in [0.29, 0.717) is 31.1 Å². The summed E-state index contributed by atoms with van der Waals surface area (Å²) >= 11 is 0. The van der Waals surface area contributed by atoms with E-state index in [1.54, 1.807) is 42.5 Å². The summed E-state index contributed by atoms with van der Waals surface area (Å²) in [4.78, 5) is 0.223. The summed E-state index contributed by atoms with van der Waals surface area (Å²) in [7, 11) is -3.61. The first-order chi connectivity index (χ1) is 18.5. The van der Waals surface area contributed by atoms with Crippen LogP contribution >= 0.6 is 0 Å². The zero-order chi connectivity index (χ0) is 26.6. The van der Waals surface area contributed by atoms with Crippen LogP contribution in [0.3, 0.4) is 0 Å². The van der Waals surface area contributed by atoms with Gasteiger partial charge in [-0.3, -0.25) is 4.72 Å². The SMILES string of the molecule is O=S(=O)(Nc1ccc(CCNC[C@H](O)COc2ccc(OCc3ccccc3)cc2)cc1)c1ccccc1. The van der Waals surface area contributed by atoms with Gasteiger partial charge in [-0.1, -0.05) is 60.7 Å². The Morgan fingerprint density at radius 3 is 1.97 bits per heavy atom. The molecule has 1 atom stereocenters. The molecule has 3 N–H and O–H groups in total. The van der Waals surface area contributed by atoms with Crippen molar-refractivity contribution >= 4 is 15.7 Å². The highest BCUT2D eigenvalue weighted by Gasteiger charge is 2.13. The van der Waals surface area contributed by atoms with Crippen LogP contribution in [-0.4, -0.2) is 39.3 Å². The standard InChI is InChI=1S/C30H32N2O5S/c33-27(23-37-29-17-15-28(16-18-29)36-22-25-7-3-1-4-8-25)21-31-20-19-24-11-13-26(14-12-24)32-38(34,35)30-9-5-2-6-10-30/h1-18,27,31-33H,19-23H2/t27-/m0/s1. The Balaban J connectivity index is 1.12. The second kappa shape index (κ2) is 13.6. The lowest BCUT2D eigenvalue weighted by molar-refractivity contribution is 0.106. The van der Waals surface area contributed by atoms with E-state index in [1.165, 1.54) is 0 Å². The van der Waals surface area contributed by atoms with Crippen molar-refractivity contribution in [1.82, 2.24) is 5.32 Å². The average molecular weight is 533 g/mol. The molecule has 0 aliphatic rings. The van der Waals surface area contributed by atoms with E-state index in [9.17, 15) is 13.5 Å². The zero-order valence-corrected chi connectivity index (χ0v) is 21.8. The van der Waals surface area contributed by atoms with E-state index in [-0.39, 0.29) is 11.5 Å². The van der Waals surface area contributed by atoms with Crippen LogP contribution in [0.15, 0.2) is 114 Å². The fraction of sp³-hybridized carbons (Fsp3) is 0.200. The molecule has 0 aliphatic carbocycles. The zero-order valence-electron chi connectivity index (χ0n) is 21.0. The number of aliphatic hydroxyl groups is 1. The Morgan fingerprint density at radius 1 is 0.711 bits per heavy atom. The summed E-state index contributed by atoms with van der Waals surface area (Å²) in [5.74, 6) is 1.42. The van der Waals surface area contributed by atoms with Crippen molar-refractivity contribution in [3.05, 3.63) is 120 Å². The number of ether oxygens (including phenoxy) is 2. The predicted molar refractivity (Wildman–Crippen MR) is 149 cm³/mol. The van der Waals surface area contributed by atoms with Crippen molar-refractivity contribution in [2.45, 2.75) is 24.0 Å². The Hall–Kier alpha value is -3.85. The molecule has 0 amide bonds.